The van der Waals surface area contributed by atoms with Gasteiger partial charge in [-0.15, -0.1) is 0 Å². The van der Waals surface area contributed by atoms with Crippen LogP contribution in [0, 0.1) is 5.92 Å². The molecule has 0 N–H and O–H groups in total. The predicted molar refractivity (Wildman–Crippen MR) is 44.9 cm³/mol. The van der Waals surface area contributed by atoms with Crippen LogP contribution in [0.1, 0.15) is 33.1 Å². The second-order valence-corrected chi connectivity index (χ2v) is 4.67. The van der Waals surface area contributed by atoms with Crippen molar-refractivity contribution in [1.29, 1.82) is 0 Å². The Morgan fingerprint density at radius 2 is 2.33 bits per heavy atom. The molecule has 0 aromatic rings. The van der Waals surface area contributed by atoms with Crippen LogP contribution in [0.25, 0.3) is 0 Å². The van der Waals surface area contributed by atoms with Crippen LogP contribution in [0.3, 0.4) is 0 Å². The summed E-state index contributed by atoms with van der Waals surface area (Å²) in [6.45, 7) is 4.64. The van der Waals surface area contributed by atoms with Gasteiger partial charge in [-0.05, 0) is 30.9 Å². The maximum Gasteiger partial charge on any atom is 0.00497 e. The fourth-order valence-corrected chi connectivity index (χ4v) is 2.88. The van der Waals surface area contributed by atoms with Crippen LogP contribution in [-0.2, 0) is 0 Å². The molecule has 1 heteroatoms. The summed E-state index contributed by atoms with van der Waals surface area (Å²) in [4.78, 5) is 0. The molecule has 0 aromatic carbocycles. The van der Waals surface area contributed by atoms with Crippen molar-refractivity contribution in [3.8, 4) is 0 Å². The topological polar surface area (TPSA) is 0 Å². The van der Waals surface area contributed by atoms with Crippen LogP contribution in [0.4, 0.5) is 0 Å². The first-order valence-corrected chi connectivity index (χ1v) is 4.95. The fourth-order valence-electron chi connectivity index (χ4n) is 1.36. The van der Waals surface area contributed by atoms with Crippen molar-refractivity contribution in [2.45, 2.75) is 38.4 Å². The summed E-state index contributed by atoms with van der Waals surface area (Å²) in [5.41, 5.74) is 0. The standard InChI is InChI=1S/C8H16S/c1-7(2)6-8-4-3-5-9-8/h7-8H,3-6H2,1-2H3/t8-/m1/s1. The van der Waals surface area contributed by atoms with Crippen LogP contribution < -0.4 is 0 Å². The highest BCUT2D eigenvalue weighted by molar-refractivity contribution is 8.00. The maximum absolute atomic E-state index is 2.32. The Labute approximate surface area is 62.4 Å². The Bertz CT molecular complexity index is 72.6. The largest absolute Gasteiger partial charge is 0.159 e. The molecule has 54 valence electrons. The number of thioether (sulfide) groups is 1. The minimum Gasteiger partial charge on any atom is -0.159 e. The van der Waals surface area contributed by atoms with Crippen LogP contribution in [0.5, 0.6) is 0 Å². The zero-order valence-electron chi connectivity index (χ0n) is 6.39. The lowest BCUT2D eigenvalue weighted by Gasteiger charge is -2.09. The summed E-state index contributed by atoms with van der Waals surface area (Å²) in [6.07, 6.45) is 4.37. The van der Waals surface area contributed by atoms with Crippen molar-refractivity contribution < 1.29 is 0 Å². The van der Waals surface area contributed by atoms with Gasteiger partial charge in [-0.25, -0.2) is 0 Å². The van der Waals surface area contributed by atoms with Gasteiger partial charge in [0, 0.05) is 5.25 Å². The summed E-state index contributed by atoms with van der Waals surface area (Å²) < 4.78 is 0. The van der Waals surface area contributed by atoms with Crippen molar-refractivity contribution in [2.75, 3.05) is 5.75 Å². The van der Waals surface area contributed by atoms with Crippen molar-refractivity contribution in [1.82, 2.24) is 0 Å². The predicted octanol–water partition coefficient (Wildman–Crippen LogP) is 2.93. The summed E-state index contributed by atoms with van der Waals surface area (Å²) in [6, 6.07) is 0. The fraction of sp³-hybridized carbons (Fsp3) is 1.00. The zero-order chi connectivity index (χ0) is 6.69. The van der Waals surface area contributed by atoms with Crippen LogP contribution in [-0.4, -0.2) is 11.0 Å². The van der Waals surface area contributed by atoms with Crippen molar-refractivity contribution in [3.63, 3.8) is 0 Å². The summed E-state index contributed by atoms with van der Waals surface area (Å²) in [5.74, 6) is 2.32. The lowest BCUT2D eigenvalue weighted by atomic mass is 10.1. The third kappa shape index (κ3) is 2.61. The summed E-state index contributed by atoms with van der Waals surface area (Å²) >= 11 is 2.17. The molecule has 1 saturated heterocycles. The Balaban J connectivity index is 2.11. The molecule has 1 aliphatic rings. The van der Waals surface area contributed by atoms with Gasteiger partial charge in [0.05, 0.1) is 0 Å². The lowest BCUT2D eigenvalue weighted by Crippen LogP contribution is -2.01. The maximum atomic E-state index is 2.32. The van der Waals surface area contributed by atoms with E-state index in [9.17, 15) is 0 Å². The molecule has 0 saturated carbocycles. The van der Waals surface area contributed by atoms with Crippen LogP contribution >= 0.6 is 11.8 Å². The molecule has 0 amide bonds. The van der Waals surface area contributed by atoms with Gasteiger partial charge in [0.2, 0.25) is 0 Å². The second-order valence-electron chi connectivity index (χ2n) is 3.26. The van der Waals surface area contributed by atoms with Crippen LogP contribution in [0.2, 0.25) is 0 Å². The van der Waals surface area contributed by atoms with Crippen molar-refractivity contribution in [2.24, 2.45) is 5.92 Å². The molecular weight excluding hydrogens is 128 g/mol. The molecule has 1 heterocycles. The van der Waals surface area contributed by atoms with Gasteiger partial charge in [0.25, 0.3) is 0 Å². The minimum atomic E-state index is 0.903. The van der Waals surface area contributed by atoms with Gasteiger partial charge in [0.1, 0.15) is 0 Å². The normalized spacial score (nSPS) is 27.7. The van der Waals surface area contributed by atoms with E-state index in [-0.39, 0.29) is 0 Å². The lowest BCUT2D eigenvalue weighted by molar-refractivity contribution is 0.557. The van der Waals surface area contributed by atoms with E-state index in [0.29, 0.717) is 0 Å². The molecular formula is C8H16S. The van der Waals surface area contributed by atoms with E-state index in [1.54, 1.807) is 0 Å². The van der Waals surface area contributed by atoms with Crippen molar-refractivity contribution >= 4 is 11.8 Å². The van der Waals surface area contributed by atoms with E-state index in [1.165, 1.54) is 25.0 Å². The van der Waals surface area contributed by atoms with Gasteiger partial charge in [0.15, 0.2) is 0 Å². The van der Waals surface area contributed by atoms with Gasteiger partial charge >= 0.3 is 0 Å². The van der Waals surface area contributed by atoms with E-state index in [2.05, 4.69) is 25.6 Å². The molecule has 1 rings (SSSR count). The molecule has 0 bridgehead atoms. The highest BCUT2D eigenvalue weighted by atomic mass is 32.2. The molecule has 0 radical (unpaired) electrons. The zero-order valence-corrected chi connectivity index (χ0v) is 7.21. The highest BCUT2D eigenvalue weighted by Crippen LogP contribution is 2.30. The van der Waals surface area contributed by atoms with Crippen molar-refractivity contribution in [3.05, 3.63) is 0 Å². The summed E-state index contributed by atoms with van der Waals surface area (Å²) in [7, 11) is 0. The van der Waals surface area contributed by atoms with Gasteiger partial charge in [-0.2, -0.15) is 11.8 Å². The Morgan fingerprint density at radius 3 is 2.78 bits per heavy atom. The average Bonchev–Trinajstić information content (AvgIpc) is 2.15. The van der Waals surface area contributed by atoms with Crippen LogP contribution in [0.15, 0.2) is 0 Å². The minimum absolute atomic E-state index is 0.903. The number of hydrogen-bond acceptors (Lipinski definition) is 1. The Morgan fingerprint density at radius 1 is 1.56 bits per heavy atom. The third-order valence-corrected chi connectivity index (χ3v) is 3.18. The molecule has 0 unspecified atom stereocenters. The molecule has 1 fully saturated rings. The van der Waals surface area contributed by atoms with Gasteiger partial charge in [-0.1, -0.05) is 13.8 Å². The summed E-state index contributed by atoms with van der Waals surface area (Å²) in [5, 5.41) is 1.00. The number of hydrogen-bond donors (Lipinski definition) is 0. The first-order chi connectivity index (χ1) is 4.29. The molecule has 0 spiro atoms. The molecule has 0 nitrogen and oxygen atoms in total. The number of rotatable bonds is 2. The Kier molecular flexibility index (Phi) is 2.90. The first kappa shape index (κ1) is 7.46. The van der Waals surface area contributed by atoms with E-state index >= 15 is 0 Å². The first-order valence-electron chi connectivity index (χ1n) is 3.90. The van der Waals surface area contributed by atoms with E-state index < -0.39 is 0 Å². The van der Waals surface area contributed by atoms with E-state index in [0.717, 1.165) is 11.2 Å². The molecule has 0 aromatic heterocycles. The Hall–Kier alpha value is 0.350. The second kappa shape index (κ2) is 3.50. The highest BCUT2D eigenvalue weighted by Gasteiger charge is 2.15. The SMILES string of the molecule is CC(C)C[C@H]1CCCS1. The monoisotopic (exact) mass is 144 g/mol. The van der Waals surface area contributed by atoms with Gasteiger partial charge < -0.3 is 0 Å². The quantitative estimate of drug-likeness (QED) is 0.574. The molecule has 1 aliphatic heterocycles. The molecule has 9 heavy (non-hydrogen) atoms. The van der Waals surface area contributed by atoms with E-state index in [4.69, 9.17) is 0 Å². The molecule has 1 atom stereocenters. The molecule has 0 aliphatic carbocycles. The van der Waals surface area contributed by atoms with E-state index in [1.807, 2.05) is 0 Å². The van der Waals surface area contributed by atoms with Gasteiger partial charge in [-0.3, -0.25) is 0 Å². The average molecular weight is 144 g/mol. The smallest absolute Gasteiger partial charge is 0.00497 e. The third-order valence-electron chi connectivity index (χ3n) is 1.76.